The van der Waals surface area contributed by atoms with Crippen LogP contribution < -0.4 is 5.73 Å². The number of aliphatic hydroxyl groups is 1. The molecule has 66 valence electrons. The summed E-state index contributed by atoms with van der Waals surface area (Å²) in [5, 5.41) is 8.68. The molecule has 1 aromatic rings. The number of nitrogens with two attached hydrogens (primary N) is 1. The van der Waals surface area contributed by atoms with E-state index in [-0.39, 0.29) is 12.6 Å². The lowest BCUT2D eigenvalue weighted by Crippen LogP contribution is -2.14. The summed E-state index contributed by atoms with van der Waals surface area (Å²) in [6, 6.07) is 3.71. The molecular formula is C9H14N2O. The molecule has 0 saturated carbocycles. The molecule has 1 atom stereocenters. The van der Waals surface area contributed by atoms with Crippen molar-refractivity contribution in [1.29, 1.82) is 0 Å². The van der Waals surface area contributed by atoms with Crippen LogP contribution in [0.4, 0.5) is 0 Å². The molecule has 0 aliphatic rings. The van der Waals surface area contributed by atoms with Gasteiger partial charge >= 0.3 is 0 Å². The molecule has 3 N–H and O–H groups in total. The highest BCUT2D eigenvalue weighted by Gasteiger charge is 2.08. The van der Waals surface area contributed by atoms with Crippen molar-refractivity contribution in [3.63, 3.8) is 0 Å². The van der Waals surface area contributed by atoms with E-state index in [9.17, 15) is 0 Å². The average Bonchev–Trinajstić information content (AvgIpc) is 2.05. The number of rotatable bonds is 3. The first-order valence-corrected chi connectivity index (χ1v) is 4.03. The third kappa shape index (κ3) is 2.03. The Balaban J connectivity index is 2.79. The fourth-order valence-corrected chi connectivity index (χ4v) is 1.16. The monoisotopic (exact) mass is 166 g/mol. The summed E-state index contributed by atoms with van der Waals surface area (Å²) in [6.07, 6.45) is 2.29. The highest BCUT2D eigenvalue weighted by atomic mass is 16.3. The summed E-state index contributed by atoms with van der Waals surface area (Å²) in [5.41, 5.74) is 7.75. The number of hydrogen-bond donors (Lipinski definition) is 2. The zero-order valence-corrected chi connectivity index (χ0v) is 7.20. The van der Waals surface area contributed by atoms with E-state index in [0.29, 0.717) is 6.42 Å². The van der Waals surface area contributed by atoms with Gasteiger partial charge < -0.3 is 10.8 Å². The molecule has 1 rings (SSSR count). The highest BCUT2D eigenvalue weighted by molar-refractivity contribution is 5.20. The van der Waals surface area contributed by atoms with E-state index in [4.69, 9.17) is 10.8 Å². The average molecular weight is 166 g/mol. The summed E-state index contributed by atoms with van der Waals surface area (Å²) >= 11 is 0. The van der Waals surface area contributed by atoms with Gasteiger partial charge in [0.25, 0.3) is 0 Å². The normalized spacial score (nSPS) is 12.9. The maximum absolute atomic E-state index is 8.68. The van der Waals surface area contributed by atoms with E-state index in [0.717, 1.165) is 11.3 Å². The van der Waals surface area contributed by atoms with Gasteiger partial charge in [-0.3, -0.25) is 4.98 Å². The second-order valence-corrected chi connectivity index (χ2v) is 2.82. The van der Waals surface area contributed by atoms with Crippen molar-refractivity contribution < 1.29 is 5.11 Å². The summed E-state index contributed by atoms with van der Waals surface area (Å²) in [6.45, 7) is 2.08. The van der Waals surface area contributed by atoms with E-state index in [2.05, 4.69) is 4.98 Å². The maximum atomic E-state index is 8.68. The van der Waals surface area contributed by atoms with Crippen LogP contribution in [-0.4, -0.2) is 16.7 Å². The van der Waals surface area contributed by atoms with Gasteiger partial charge in [0.05, 0.1) is 5.69 Å². The van der Waals surface area contributed by atoms with Gasteiger partial charge in [0, 0.05) is 18.8 Å². The molecule has 12 heavy (non-hydrogen) atoms. The predicted octanol–water partition coefficient (Wildman–Crippen LogP) is 0.772. The van der Waals surface area contributed by atoms with E-state index in [1.54, 1.807) is 6.20 Å². The second-order valence-electron chi connectivity index (χ2n) is 2.82. The van der Waals surface area contributed by atoms with Crippen LogP contribution in [0.1, 0.15) is 23.7 Å². The van der Waals surface area contributed by atoms with Crippen LogP contribution in [0.25, 0.3) is 0 Å². The number of aryl methyl sites for hydroxylation is 1. The van der Waals surface area contributed by atoms with Crippen molar-refractivity contribution >= 4 is 0 Å². The van der Waals surface area contributed by atoms with Gasteiger partial charge in [0.15, 0.2) is 0 Å². The molecule has 0 radical (unpaired) electrons. The highest BCUT2D eigenvalue weighted by Crippen LogP contribution is 2.14. The lowest BCUT2D eigenvalue weighted by atomic mass is 10.1. The summed E-state index contributed by atoms with van der Waals surface area (Å²) in [7, 11) is 0. The molecule has 0 bridgehead atoms. The Morgan fingerprint density at radius 2 is 2.42 bits per heavy atom. The van der Waals surface area contributed by atoms with Crippen LogP contribution in [0, 0.1) is 6.92 Å². The summed E-state index contributed by atoms with van der Waals surface area (Å²) in [4.78, 5) is 4.16. The first-order valence-electron chi connectivity index (χ1n) is 4.03. The molecule has 0 aliphatic carbocycles. The fourth-order valence-electron chi connectivity index (χ4n) is 1.16. The molecule has 0 saturated heterocycles. The van der Waals surface area contributed by atoms with E-state index in [1.165, 1.54) is 0 Å². The number of hydrogen-bond acceptors (Lipinski definition) is 3. The number of pyridine rings is 1. The van der Waals surface area contributed by atoms with Crippen molar-refractivity contribution in [2.75, 3.05) is 6.61 Å². The van der Waals surface area contributed by atoms with Gasteiger partial charge in [-0.15, -0.1) is 0 Å². The minimum atomic E-state index is -0.142. The number of aliphatic hydroxyl groups excluding tert-OH is 1. The van der Waals surface area contributed by atoms with Crippen molar-refractivity contribution in [2.24, 2.45) is 5.73 Å². The lowest BCUT2D eigenvalue weighted by Gasteiger charge is -2.11. The first-order chi connectivity index (χ1) is 5.75. The van der Waals surface area contributed by atoms with Crippen LogP contribution in [0.5, 0.6) is 0 Å². The number of nitrogens with zero attached hydrogens (tertiary/aromatic N) is 1. The van der Waals surface area contributed by atoms with Crippen molar-refractivity contribution in [3.8, 4) is 0 Å². The second kappa shape index (κ2) is 4.18. The molecule has 0 aromatic carbocycles. The molecular weight excluding hydrogens is 152 g/mol. The zero-order chi connectivity index (χ0) is 8.97. The lowest BCUT2D eigenvalue weighted by molar-refractivity contribution is 0.275. The number of aromatic nitrogens is 1. The van der Waals surface area contributed by atoms with Gasteiger partial charge in [-0.05, 0) is 25.0 Å². The summed E-state index contributed by atoms with van der Waals surface area (Å²) in [5.74, 6) is 0. The molecule has 3 heteroatoms. The minimum absolute atomic E-state index is 0.108. The molecule has 0 fully saturated rings. The largest absolute Gasteiger partial charge is 0.396 e. The van der Waals surface area contributed by atoms with Crippen LogP contribution in [0.2, 0.25) is 0 Å². The van der Waals surface area contributed by atoms with Gasteiger partial charge in [0.2, 0.25) is 0 Å². The molecule has 0 amide bonds. The Kier molecular flexibility index (Phi) is 3.19. The Labute approximate surface area is 72.2 Å². The molecule has 1 heterocycles. The standard InChI is InChI=1S/C9H14N2O/c1-7-3-2-5-11-9(7)8(10)4-6-12/h2-3,5,8,12H,4,6,10H2,1H3/t8-/m0/s1. The Hall–Kier alpha value is -0.930. The SMILES string of the molecule is Cc1cccnc1[C@@H](N)CCO. The third-order valence-electron chi connectivity index (χ3n) is 1.84. The van der Waals surface area contributed by atoms with Crippen LogP contribution >= 0.6 is 0 Å². The molecule has 0 unspecified atom stereocenters. The Bertz CT molecular complexity index is 250. The third-order valence-corrected chi connectivity index (χ3v) is 1.84. The van der Waals surface area contributed by atoms with Crippen LogP contribution in [-0.2, 0) is 0 Å². The fraction of sp³-hybridized carbons (Fsp3) is 0.444. The van der Waals surface area contributed by atoms with Gasteiger partial charge in [0.1, 0.15) is 0 Å². The Morgan fingerprint density at radius 1 is 1.67 bits per heavy atom. The smallest absolute Gasteiger partial charge is 0.0600 e. The van der Waals surface area contributed by atoms with Gasteiger partial charge in [-0.25, -0.2) is 0 Å². The van der Waals surface area contributed by atoms with E-state index < -0.39 is 0 Å². The topological polar surface area (TPSA) is 59.1 Å². The molecule has 0 spiro atoms. The maximum Gasteiger partial charge on any atom is 0.0600 e. The van der Waals surface area contributed by atoms with E-state index >= 15 is 0 Å². The van der Waals surface area contributed by atoms with Gasteiger partial charge in [-0.2, -0.15) is 0 Å². The molecule has 3 nitrogen and oxygen atoms in total. The van der Waals surface area contributed by atoms with Crippen LogP contribution in [0.15, 0.2) is 18.3 Å². The van der Waals surface area contributed by atoms with Crippen molar-refractivity contribution in [2.45, 2.75) is 19.4 Å². The van der Waals surface area contributed by atoms with Crippen molar-refractivity contribution in [3.05, 3.63) is 29.6 Å². The minimum Gasteiger partial charge on any atom is -0.396 e. The van der Waals surface area contributed by atoms with Gasteiger partial charge in [-0.1, -0.05) is 6.07 Å². The van der Waals surface area contributed by atoms with E-state index in [1.807, 2.05) is 19.1 Å². The van der Waals surface area contributed by atoms with Crippen LogP contribution in [0.3, 0.4) is 0 Å². The molecule has 1 aromatic heterocycles. The predicted molar refractivity (Wildman–Crippen MR) is 47.6 cm³/mol. The first kappa shape index (κ1) is 9.16. The molecule has 0 aliphatic heterocycles. The zero-order valence-electron chi connectivity index (χ0n) is 7.20. The Morgan fingerprint density at radius 3 is 3.00 bits per heavy atom. The quantitative estimate of drug-likeness (QED) is 0.697. The summed E-state index contributed by atoms with van der Waals surface area (Å²) < 4.78 is 0. The van der Waals surface area contributed by atoms with Crippen molar-refractivity contribution in [1.82, 2.24) is 4.98 Å².